The lowest BCUT2D eigenvalue weighted by atomic mass is 10.1. The molecule has 2 heterocycles. The fourth-order valence-corrected chi connectivity index (χ4v) is 4.02. The second kappa shape index (κ2) is 12.4. The monoisotopic (exact) mass is 439 g/mol. The van der Waals surface area contributed by atoms with Crippen molar-refractivity contribution in [3.63, 3.8) is 0 Å². The number of ether oxygens (including phenoxy) is 3. The van der Waals surface area contributed by atoms with Crippen LogP contribution in [0.3, 0.4) is 0 Å². The Bertz CT molecular complexity index is 689. The number of halogens is 1. The van der Waals surface area contributed by atoms with E-state index in [0.29, 0.717) is 64.7 Å². The molecule has 0 unspecified atom stereocenters. The van der Waals surface area contributed by atoms with E-state index >= 15 is 0 Å². The summed E-state index contributed by atoms with van der Waals surface area (Å²) in [6.07, 6.45) is -0.630. The maximum absolute atomic E-state index is 13.6. The Morgan fingerprint density at radius 3 is 2.74 bits per heavy atom. The van der Waals surface area contributed by atoms with E-state index in [1.165, 1.54) is 18.2 Å². The zero-order chi connectivity index (χ0) is 22.1. The molecular weight excluding hydrogens is 405 g/mol. The van der Waals surface area contributed by atoms with Gasteiger partial charge in [0.15, 0.2) is 0 Å². The molecule has 0 aliphatic carbocycles. The number of aliphatic hydroxyl groups excluding tert-OH is 1. The molecule has 0 aromatic heterocycles. The summed E-state index contributed by atoms with van der Waals surface area (Å²) in [5.74, 6) is -0.684. The smallest absolute Gasteiger partial charge is 0.254 e. The molecule has 1 N–H and O–H groups in total. The Kier molecular flexibility index (Phi) is 9.63. The topological polar surface area (TPSA) is 74.7 Å². The molecule has 0 saturated carbocycles. The van der Waals surface area contributed by atoms with Crippen LogP contribution in [0, 0.1) is 5.82 Å². The molecule has 1 aromatic carbocycles. The van der Waals surface area contributed by atoms with Crippen LogP contribution >= 0.6 is 0 Å². The SMILES string of the molecule is COCCN(C[C@H]1CN(C[C@H](O)CN2CCOCC2)CCO1)C(=O)c1cccc(F)c1. The van der Waals surface area contributed by atoms with E-state index in [2.05, 4.69) is 9.80 Å². The third kappa shape index (κ3) is 7.78. The van der Waals surface area contributed by atoms with Crippen LogP contribution in [-0.2, 0) is 14.2 Å². The van der Waals surface area contributed by atoms with E-state index in [1.807, 2.05) is 0 Å². The number of benzene rings is 1. The maximum Gasteiger partial charge on any atom is 0.254 e. The van der Waals surface area contributed by atoms with Gasteiger partial charge in [0.2, 0.25) is 0 Å². The predicted molar refractivity (Wildman–Crippen MR) is 114 cm³/mol. The molecule has 2 atom stereocenters. The summed E-state index contributed by atoms with van der Waals surface area (Å²) < 4.78 is 30.0. The van der Waals surface area contributed by atoms with Gasteiger partial charge in [0.05, 0.1) is 38.6 Å². The Morgan fingerprint density at radius 1 is 1.26 bits per heavy atom. The molecule has 0 radical (unpaired) electrons. The number of hydrogen-bond acceptors (Lipinski definition) is 7. The molecule has 1 amide bonds. The third-order valence-corrected chi connectivity index (χ3v) is 5.61. The highest BCUT2D eigenvalue weighted by molar-refractivity contribution is 5.94. The van der Waals surface area contributed by atoms with Crippen LogP contribution in [0.15, 0.2) is 24.3 Å². The van der Waals surface area contributed by atoms with Gasteiger partial charge in [-0.15, -0.1) is 0 Å². The average molecular weight is 440 g/mol. The lowest BCUT2D eigenvalue weighted by molar-refractivity contribution is -0.0564. The van der Waals surface area contributed by atoms with Crippen molar-refractivity contribution in [2.24, 2.45) is 0 Å². The van der Waals surface area contributed by atoms with Gasteiger partial charge in [0.25, 0.3) is 5.91 Å². The molecule has 1 aromatic rings. The van der Waals surface area contributed by atoms with Gasteiger partial charge in [-0.05, 0) is 18.2 Å². The molecular formula is C22H34FN3O5. The van der Waals surface area contributed by atoms with Crippen molar-refractivity contribution >= 4 is 5.91 Å². The van der Waals surface area contributed by atoms with Crippen LogP contribution in [-0.4, -0.2) is 124 Å². The Hall–Kier alpha value is -1.62. The number of methoxy groups -OCH3 is 1. The summed E-state index contributed by atoms with van der Waals surface area (Å²) >= 11 is 0. The van der Waals surface area contributed by atoms with Crippen LogP contribution in [0.4, 0.5) is 4.39 Å². The summed E-state index contributed by atoms with van der Waals surface area (Å²) in [6.45, 7) is 7.38. The number of β-amino-alcohol motifs (C(OH)–C–C–N with tert-alkyl or cyclic N) is 1. The van der Waals surface area contributed by atoms with Crippen LogP contribution < -0.4 is 0 Å². The van der Waals surface area contributed by atoms with Gasteiger partial charge >= 0.3 is 0 Å². The molecule has 3 rings (SSSR count). The first-order chi connectivity index (χ1) is 15.0. The van der Waals surface area contributed by atoms with Gasteiger partial charge in [-0.1, -0.05) is 6.07 Å². The molecule has 2 aliphatic rings. The van der Waals surface area contributed by atoms with Crippen LogP contribution in [0.2, 0.25) is 0 Å². The number of aliphatic hydroxyl groups is 1. The van der Waals surface area contributed by atoms with Crippen molar-refractivity contribution < 1.29 is 28.5 Å². The van der Waals surface area contributed by atoms with E-state index in [1.54, 1.807) is 18.1 Å². The fourth-order valence-electron chi connectivity index (χ4n) is 4.02. The van der Waals surface area contributed by atoms with Gasteiger partial charge in [-0.25, -0.2) is 4.39 Å². The minimum Gasteiger partial charge on any atom is -0.390 e. The zero-order valence-corrected chi connectivity index (χ0v) is 18.2. The van der Waals surface area contributed by atoms with Crippen molar-refractivity contribution in [3.8, 4) is 0 Å². The molecule has 0 spiro atoms. The lowest BCUT2D eigenvalue weighted by Crippen LogP contribution is -2.52. The number of amides is 1. The van der Waals surface area contributed by atoms with E-state index in [4.69, 9.17) is 14.2 Å². The number of nitrogens with zero attached hydrogens (tertiary/aromatic N) is 3. The van der Waals surface area contributed by atoms with Crippen molar-refractivity contribution in [3.05, 3.63) is 35.6 Å². The summed E-state index contributed by atoms with van der Waals surface area (Å²) in [4.78, 5) is 19.0. The highest BCUT2D eigenvalue weighted by atomic mass is 19.1. The van der Waals surface area contributed by atoms with E-state index in [9.17, 15) is 14.3 Å². The highest BCUT2D eigenvalue weighted by Gasteiger charge is 2.27. The second-order valence-electron chi connectivity index (χ2n) is 8.07. The number of rotatable bonds is 10. The van der Waals surface area contributed by atoms with Crippen molar-refractivity contribution in [2.75, 3.05) is 85.9 Å². The quantitative estimate of drug-likeness (QED) is 0.562. The van der Waals surface area contributed by atoms with Gasteiger partial charge in [0.1, 0.15) is 5.82 Å². The van der Waals surface area contributed by atoms with Gasteiger partial charge < -0.3 is 24.2 Å². The standard InChI is InChI=1S/C22H34FN3O5/c1-29-9-8-26(22(28)18-3-2-4-19(23)13-18)17-21-16-25(7-12-31-21)15-20(27)14-24-5-10-30-11-6-24/h2-4,13,20-21,27H,5-12,14-17H2,1H3/t20-,21-/m1/s1. The van der Waals surface area contributed by atoms with Gasteiger partial charge in [-0.2, -0.15) is 0 Å². The summed E-state index contributed by atoms with van der Waals surface area (Å²) in [6, 6.07) is 5.71. The zero-order valence-electron chi connectivity index (χ0n) is 18.2. The Balaban J connectivity index is 1.53. The normalized spacial score (nSPS) is 21.7. The number of hydrogen-bond donors (Lipinski definition) is 1. The number of carbonyl (C=O) groups is 1. The van der Waals surface area contributed by atoms with Crippen LogP contribution in [0.1, 0.15) is 10.4 Å². The van der Waals surface area contributed by atoms with Gasteiger partial charge in [0, 0.05) is 65.0 Å². The van der Waals surface area contributed by atoms with Crippen LogP contribution in [0.25, 0.3) is 0 Å². The summed E-state index contributed by atoms with van der Waals surface area (Å²) in [5.41, 5.74) is 0.310. The van der Waals surface area contributed by atoms with E-state index in [-0.39, 0.29) is 12.0 Å². The first-order valence-corrected chi connectivity index (χ1v) is 10.9. The van der Waals surface area contributed by atoms with Crippen molar-refractivity contribution in [2.45, 2.75) is 12.2 Å². The molecule has 8 nitrogen and oxygen atoms in total. The maximum atomic E-state index is 13.6. The van der Waals surface area contributed by atoms with Crippen LogP contribution in [0.5, 0.6) is 0 Å². The Labute approximate surface area is 183 Å². The number of morpholine rings is 2. The number of carbonyl (C=O) groups excluding carboxylic acids is 1. The summed E-state index contributed by atoms with van der Waals surface area (Å²) in [7, 11) is 1.58. The summed E-state index contributed by atoms with van der Waals surface area (Å²) in [5, 5.41) is 10.5. The predicted octanol–water partition coefficient (Wildman–Crippen LogP) is 0.308. The lowest BCUT2D eigenvalue weighted by Gasteiger charge is -2.37. The van der Waals surface area contributed by atoms with E-state index in [0.717, 1.165) is 19.6 Å². The first-order valence-electron chi connectivity index (χ1n) is 10.9. The molecule has 174 valence electrons. The fraction of sp³-hybridized carbons (Fsp3) is 0.682. The minimum atomic E-state index is -0.449. The van der Waals surface area contributed by atoms with Crippen molar-refractivity contribution in [1.82, 2.24) is 14.7 Å². The molecule has 2 saturated heterocycles. The minimum absolute atomic E-state index is 0.182. The molecule has 31 heavy (non-hydrogen) atoms. The molecule has 2 fully saturated rings. The second-order valence-corrected chi connectivity index (χ2v) is 8.07. The average Bonchev–Trinajstić information content (AvgIpc) is 2.77. The first kappa shape index (κ1) is 24.0. The van der Waals surface area contributed by atoms with Crippen molar-refractivity contribution in [1.29, 1.82) is 0 Å². The molecule has 2 aliphatic heterocycles. The highest BCUT2D eigenvalue weighted by Crippen LogP contribution is 2.13. The van der Waals surface area contributed by atoms with E-state index < -0.39 is 11.9 Å². The Morgan fingerprint density at radius 2 is 2.00 bits per heavy atom. The molecule has 9 heteroatoms. The molecule has 0 bridgehead atoms. The van der Waals surface area contributed by atoms with Gasteiger partial charge in [-0.3, -0.25) is 14.6 Å². The third-order valence-electron chi connectivity index (χ3n) is 5.61. The largest absolute Gasteiger partial charge is 0.390 e.